The highest BCUT2D eigenvalue weighted by molar-refractivity contribution is 5.98. The Hall–Kier alpha value is -5.84. The number of rotatable bonds is 13. The zero-order valence-corrected chi connectivity index (χ0v) is 24.3. The van der Waals surface area contributed by atoms with Gasteiger partial charge in [0, 0.05) is 18.4 Å². The quantitative estimate of drug-likeness (QED) is 0.0473. The number of nitrogens with two attached hydrogens (primary N) is 2. The minimum atomic E-state index is -5.38. The van der Waals surface area contributed by atoms with E-state index in [1.807, 2.05) is 0 Å². The molecule has 0 aliphatic rings. The number of benzene rings is 3. The van der Waals surface area contributed by atoms with Gasteiger partial charge in [0.2, 0.25) is 0 Å². The molecule has 0 spiro atoms. The molecular weight excluding hydrogens is 615 g/mol. The predicted octanol–water partition coefficient (Wildman–Crippen LogP) is 2.65. The van der Waals surface area contributed by atoms with Crippen LogP contribution in [0.2, 0.25) is 0 Å². The third-order valence-electron chi connectivity index (χ3n) is 6.39. The molecule has 0 radical (unpaired) electrons. The molecule has 0 bridgehead atoms. The third-order valence-corrected chi connectivity index (χ3v) is 6.39. The number of amides is 1. The first-order chi connectivity index (χ1) is 21.8. The Labute approximate surface area is 258 Å². The van der Waals surface area contributed by atoms with Crippen LogP contribution in [-0.4, -0.2) is 66.1 Å². The van der Waals surface area contributed by atoms with Gasteiger partial charge in [-0.15, -0.1) is 5.10 Å². The van der Waals surface area contributed by atoms with Crippen LogP contribution in [0.5, 0.6) is 17.2 Å². The van der Waals surface area contributed by atoms with Gasteiger partial charge in [0.25, 0.3) is 5.91 Å². The van der Waals surface area contributed by atoms with Crippen molar-refractivity contribution in [1.82, 2.24) is 14.8 Å². The first-order valence-corrected chi connectivity index (χ1v) is 13.3. The SMILES string of the molecule is COCCOc1ccc(C(Nc2ccc(C(=N)N)cc2)c2nn(-c3c(OC(=O)C(F)(F)F)cccc3C(N)=O)c(=O)[nH]2)cc1OC. The fourth-order valence-electron chi connectivity index (χ4n) is 4.24. The van der Waals surface area contributed by atoms with Crippen molar-refractivity contribution < 1.29 is 41.7 Å². The molecular formula is C29H28F3N7O7. The molecule has 1 amide bonds. The molecule has 1 aromatic heterocycles. The number of hydrogen-bond donors (Lipinski definition) is 5. The first-order valence-electron chi connectivity index (χ1n) is 13.3. The topological polar surface area (TPSA) is 210 Å². The van der Waals surface area contributed by atoms with Crippen molar-refractivity contribution in [3.63, 3.8) is 0 Å². The number of esters is 1. The van der Waals surface area contributed by atoms with Gasteiger partial charge < -0.3 is 35.7 Å². The average Bonchev–Trinajstić information content (AvgIpc) is 3.40. The van der Waals surface area contributed by atoms with E-state index >= 15 is 0 Å². The number of methoxy groups -OCH3 is 2. The Morgan fingerprint density at radius 3 is 2.35 bits per heavy atom. The van der Waals surface area contributed by atoms with Crippen molar-refractivity contribution >= 4 is 23.4 Å². The number of nitrogens with one attached hydrogen (secondary N) is 3. The zero-order chi connectivity index (χ0) is 33.6. The van der Waals surface area contributed by atoms with Gasteiger partial charge in [-0.05, 0) is 54.1 Å². The van der Waals surface area contributed by atoms with Gasteiger partial charge in [0.05, 0.1) is 19.3 Å². The third kappa shape index (κ3) is 7.44. The van der Waals surface area contributed by atoms with Crippen LogP contribution in [0.3, 0.4) is 0 Å². The highest BCUT2D eigenvalue weighted by Crippen LogP contribution is 2.34. The van der Waals surface area contributed by atoms with Crippen molar-refractivity contribution in [3.05, 3.63) is 93.7 Å². The summed E-state index contributed by atoms with van der Waals surface area (Å²) in [5.41, 5.74) is 10.4. The zero-order valence-electron chi connectivity index (χ0n) is 24.3. The number of H-pyrrole nitrogens is 1. The van der Waals surface area contributed by atoms with Gasteiger partial charge in [-0.1, -0.05) is 12.1 Å². The number of primary amides is 1. The second-order valence-electron chi connectivity index (χ2n) is 9.45. The van der Waals surface area contributed by atoms with Gasteiger partial charge in [-0.2, -0.15) is 17.9 Å². The number of ether oxygens (including phenoxy) is 4. The maximum atomic E-state index is 13.3. The molecule has 0 aliphatic heterocycles. The van der Waals surface area contributed by atoms with Crippen molar-refractivity contribution in [3.8, 4) is 22.9 Å². The molecule has 17 heteroatoms. The van der Waals surface area contributed by atoms with E-state index in [-0.39, 0.29) is 18.3 Å². The molecule has 0 fully saturated rings. The molecule has 242 valence electrons. The van der Waals surface area contributed by atoms with Crippen LogP contribution in [0.25, 0.3) is 5.69 Å². The van der Waals surface area contributed by atoms with E-state index in [1.165, 1.54) is 14.2 Å². The number of aromatic nitrogens is 3. The number of hydrogen-bond acceptors (Lipinski definition) is 10. The van der Waals surface area contributed by atoms with Gasteiger partial charge >= 0.3 is 17.8 Å². The maximum Gasteiger partial charge on any atom is 0.491 e. The van der Waals surface area contributed by atoms with E-state index in [1.54, 1.807) is 42.5 Å². The second kappa shape index (κ2) is 13.9. The molecule has 4 aromatic rings. The van der Waals surface area contributed by atoms with E-state index in [4.69, 9.17) is 31.1 Å². The summed E-state index contributed by atoms with van der Waals surface area (Å²) < 4.78 is 60.4. The van der Waals surface area contributed by atoms with Crippen LogP contribution in [0.1, 0.15) is 33.4 Å². The summed E-state index contributed by atoms with van der Waals surface area (Å²) in [4.78, 5) is 39.8. The number of para-hydroxylation sites is 1. The summed E-state index contributed by atoms with van der Waals surface area (Å²) in [6, 6.07) is 13.5. The van der Waals surface area contributed by atoms with E-state index in [0.717, 1.165) is 18.2 Å². The average molecular weight is 644 g/mol. The van der Waals surface area contributed by atoms with Crippen molar-refractivity contribution in [2.75, 3.05) is 32.8 Å². The standard InChI is InChI=1S/C29H28F3N7O7/c1-43-12-13-45-19-11-8-16(14-21(19)44-2)22(36-17-9-6-15(7-10-17)24(33)34)26-37-28(42)39(38-26)23-18(25(35)40)4-3-5-20(23)46-27(41)29(30,31)32/h3-11,14,22,36H,12-13H2,1-2H3,(H3,33,34)(H2,35,40)(H,37,38,42). The van der Waals surface area contributed by atoms with E-state index in [9.17, 15) is 27.6 Å². The maximum absolute atomic E-state index is 13.3. The Balaban J connectivity index is 1.85. The molecule has 1 atom stereocenters. The van der Waals surface area contributed by atoms with Crippen LogP contribution in [0.4, 0.5) is 18.9 Å². The number of halogens is 3. The number of nitrogen functional groups attached to an aromatic ring is 1. The molecule has 1 heterocycles. The molecule has 0 aliphatic carbocycles. The van der Waals surface area contributed by atoms with Crippen molar-refractivity contribution in [2.45, 2.75) is 12.2 Å². The Morgan fingerprint density at radius 1 is 1.02 bits per heavy atom. The number of amidine groups is 1. The van der Waals surface area contributed by atoms with E-state index < -0.39 is 46.8 Å². The summed E-state index contributed by atoms with van der Waals surface area (Å²) in [6.07, 6.45) is -5.38. The molecule has 3 aromatic carbocycles. The summed E-state index contributed by atoms with van der Waals surface area (Å²) in [5, 5.41) is 15.1. The number of nitrogens with zero attached hydrogens (tertiary/aromatic N) is 2. The van der Waals surface area contributed by atoms with Crippen LogP contribution >= 0.6 is 0 Å². The lowest BCUT2D eigenvalue weighted by atomic mass is 10.0. The number of carbonyl (C=O) groups is 2. The van der Waals surface area contributed by atoms with Gasteiger partial charge in [-0.25, -0.2) is 9.59 Å². The number of aromatic amines is 1. The Morgan fingerprint density at radius 2 is 1.74 bits per heavy atom. The monoisotopic (exact) mass is 643 g/mol. The molecule has 14 nitrogen and oxygen atoms in total. The summed E-state index contributed by atoms with van der Waals surface area (Å²) in [7, 11) is 2.94. The highest BCUT2D eigenvalue weighted by atomic mass is 19.4. The lowest BCUT2D eigenvalue weighted by Crippen LogP contribution is -2.29. The number of anilines is 1. The Kier molecular flexibility index (Phi) is 9.96. The largest absolute Gasteiger partial charge is 0.493 e. The molecule has 7 N–H and O–H groups in total. The lowest BCUT2D eigenvalue weighted by molar-refractivity contribution is -0.189. The summed E-state index contributed by atoms with van der Waals surface area (Å²) in [5.74, 6) is -4.05. The van der Waals surface area contributed by atoms with E-state index in [0.29, 0.717) is 39.6 Å². The minimum absolute atomic E-state index is 0.0804. The predicted molar refractivity (Wildman–Crippen MR) is 158 cm³/mol. The van der Waals surface area contributed by atoms with Gasteiger partial charge in [0.1, 0.15) is 24.2 Å². The number of alkyl halides is 3. The van der Waals surface area contributed by atoms with Crippen LogP contribution < -0.4 is 36.7 Å². The molecule has 0 saturated heterocycles. The van der Waals surface area contributed by atoms with Gasteiger partial charge in [-0.3, -0.25) is 15.2 Å². The van der Waals surface area contributed by atoms with Crippen molar-refractivity contribution in [2.24, 2.45) is 11.5 Å². The Bertz CT molecular complexity index is 1800. The van der Waals surface area contributed by atoms with Crippen LogP contribution in [0.15, 0.2) is 65.5 Å². The van der Waals surface area contributed by atoms with Crippen molar-refractivity contribution in [1.29, 1.82) is 5.41 Å². The normalized spacial score (nSPS) is 11.8. The first kappa shape index (κ1) is 33.1. The molecule has 4 rings (SSSR count). The van der Waals surface area contributed by atoms with E-state index in [2.05, 4.69) is 20.1 Å². The number of carbonyl (C=O) groups excluding carboxylic acids is 2. The van der Waals surface area contributed by atoms with Crippen LogP contribution in [-0.2, 0) is 9.53 Å². The fraction of sp³-hybridized carbons (Fsp3) is 0.207. The minimum Gasteiger partial charge on any atom is -0.493 e. The molecule has 0 saturated carbocycles. The summed E-state index contributed by atoms with van der Waals surface area (Å²) >= 11 is 0. The highest BCUT2D eigenvalue weighted by Gasteiger charge is 2.42. The fourth-order valence-corrected chi connectivity index (χ4v) is 4.24. The molecule has 1 unspecified atom stereocenters. The second-order valence-corrected chi connectivity index (χ2v) is 9.45. The lowest BCUT2D eigenvalue weighted by Gasteiger charge is -2.20. The van der Waals surface area contributed by atoms with Gasteiger partial charge in [0.15, 0.2) is 23.1 Å². The summed E-state index contributed by atoms with van der Waals surface area (Å²) in [6.45, 7) is 0.547. The van der Waals surface area contributed by atoms with Crippen LogP contribution in [0, 0.1) is 5.41 Å². The smallest absolute Gasteiger partial charge is 0.491 e. The molecule has 46 heavy (non-hydrogen) atoms.